The van der Waals surface area contributed by atoms with Crippen LogP contribution in [0.2, 0.25) is 0 Å². The van der Waals surface area contributed by atoms with Crippen molar-refractivity contribution in [3.8, 4) is 11.5 Å². The zero-order valence-corrected chi connectivity index (χ0v) is 15.9. The van der Waals surface area contributed by atoms with E-state index in [0.29, 0.717) is 12.3 Å². The zero-order chi connectivity index (χ0) is 17.0. The Hall–Kier alpha value is -1.72. The quantitative estimate of drug-likeness (QED) is 0.744. The number of nitrogens with zero attached hydrogens (tertiary/aromatic N) is 1. The first kappa shape index (κ1) is 17.7. The summed E-state index contributed by atoms with van der Waals surface area (Å²) in [5.41, 5.74) is 3.54. The number of carbonyl (C=O) groups excluding carboxylic acids is 1. The van der Waals surface area contributed by atoms with E-state index in [1.165, 1.54) is 41.8 Å². The second-order valence-corrected chi connectivity index (χ2v) is 7.87. The summed E-state index contributed by atoms with van der Waals surface area (Å²) in [5, 5.41) is 1.16. The number of nitrogens with one attached hydrogen (secondary N) is 1. The van der Waals surface area contributed by atoms with Gasteiger partial charge in [-0.3, -0.25) is 9.36 Å². The number of quaternary nitrogens is 1. The van der Waals surface area contributed by atoms with Crippen molar-refractivity contribution >= 4 is 16.8 Å². The van der Waals surface area contributed by atoms with Crippen molar-refractivity contribution < 1.29 is 31.6 Å². The van der Waals surface area contributed by atoms with E-state index in [9.17, 15) is 4.79 Å². The van der Waals surface area contributed by atoms with Crippen molar-refractivity contribution in [3.05, 3.63) is 23.4 Å². The van der Waals surface area contributed by atoms with Crippen LogP contribution >= 0.6 is 0 Å². The molecule has 1 aliphatic carbocycles. The lowest BCUT2D eigenvalue weighted by molar-refractivity contribution is -0.895. The fourth-order valence-corrected chi connectivity index (χ4v) is 4.81. The lowest BCUT2D eigenvalue weighted by atomic mass is 10.0. The molecule has 5 rings (SSSR count). The number of halogens is 1. The lowest BCUT2D eigenvalue weighted by Gasteiger charge is -2.21. The number of rotatable bonds is 2. The molecule has 1 N–H and O–H groups in total. The van der Waals surface area contributed by atoms with Gasteiger partial charge in [0.25, 0.3) is 0 Å². The van der Waals surface area contributed by atoms with Gasteiger partial charge in [-0.05, 0) is 24.8 Å². The highest BCUT2D eigenvalue weighted by atomic mass is 35.5. The Kier molecular flexibility index (Phi) is 4.61. The average molecular weight is 377 g/mol. The topological polar surface area (TPSA) is 44.9 Å². The monoisotopic (exact) mass is 376 g/mol. The van der Waals surface area contributed by atoms with Crippen LogP contribution in [-0.2, 0) is 13.0 Å². The minimum Gasteiger partial charge on any atom is -1.00 e. The van der Waals surface area contributed by atoms with Gasteiger partial charge in [-0.25, -0.2) is 0 Å². The molecule has 1 unspecified atom stereocenters. The average Bonchev–Trinajstić information content (AvgIpc) is 3.31. The summed E-state index contributed by atoms with van der Waals surface area (Å²) >= 11 is 0. The molecule has 0 spiro atoms. The highest BCUT2D eigenvalue weighted by molar-refractivity contribution is 5.98. The Labute approximate surface area is 159 Å². The first-order chi connectivity index (χ1) is 12.2. The molecule has 2 aromatic rings. The Bertz CT molecular complexity index is 855. The van der Waals surface area contributed by atoms with Crippen LogP contribution in [0.3, 0.4) is 0 Å². The highest BCUT2D eigenvalue weighted by Gasteiger charge is 2.30. The molecule has 6 heteroatoms. The normalized spacial score (nSPS) is 21.7. The summed E-state index contributed by atoms with van der Waals surface area (Å²) in [6.45, 7) is 2.31. The van der Waals surface area contributed by atoms with Crippen LogP contribution in [-0.4, -0.2) is 30.9 Å². The Balaban J connectivity index is 0.00000168. The van der Waals surface area contributed by atoms with Crippen molar-refractivity contribution in [3.63, 3.8) is 0 Å². The highest BCUT2D eigenvalue weighted by Crippen LogP contribution is 2.40. The van der Waals surface area contributed by atoms with E-state index in [1.54, 1.807) is 0 Å². The SMILES string of the molecule is C[NH+]1CCc2c(c3cc4c(cc3n2C(=O)CC2CCCC2)OCO4)C1.[Cl-]. The predicted octanol–water partition coefficient (Wildman–Crippen LogP) is -0.835. The molecular formula is C20H25ClN2O3. The van der Waals surface area contributed by atoms with Crippen LogP contribution in [0.4, 0.5) is 0 Å². The number of carbonyl (C=O) groups is 1. The van der Waals surface area contributed by atoms with Crippen LogP contribution in [0, 0.1) is 5.92 Å². The van der Waals surface area contributed by atoms with Crippen molar-refractivity contribution in [1.29, 1.82) is 0 Å². The summed E-state index contributed by atoms with van der Waals surface area (Å²) < 4.78 is 13.2. The van der Waals surface area contributed by atoms with Gasteiger partial charge in [0.15, 0.2) is 11.5 Å². The summed E-state index contributed by atoms with van der Waals surface area (Å²) in [6.07, 6.45) is 6.58. The van der Waals surface area contributed by atoms with Gasteiger partial charge in [0.05, 0.1) is 19.1 Å². The fraction of sp³-hybridized carbons (Fsp3) is 0.550. The molecule has 5 nitrogen and oxygen atoms in total. The number of hydrogen-bond donors (Lipinski definition) is 1. The third kappa shape index (κ3) is 2.78. The van der Waals surface area contributed by atoms with Crippen molar-refractivity contribution in [1.82, 2.24) is 4.57 Å². The first-order valence-corrected chi connectivity index (χ1v) is 9.51. The number of likely N-dealkylation sites (N-methyl/N-ethyl adjacent to an activating group) is 1. The minimum atomic E-state index is 0. The molecule has 1 aromatic carbocycles. The molecule has 0 bridgehead atoms. The largest absolute Gasteiger partial charge is 1.00 e. The number of fused-ring (bicyclic) bond motifs is 4. The van der Waals surface area contributed by atoms with Gasteiger partial charge in [0.1, 0.15) is 6.54 Å². The number of ether oxygens (including phenoxy) is 2. The molecule has 2 aliphatic heterocycles. The van der Waals surface area contributed by atoms with Crippen molar-refractivity contribution in [2.75, 3.05) is 20.4 Å². The van der Waals surface area contributed by atoms with Gasteiger partial charge in [-0.15, -0.1) is 0 Å². The van der Waals surface area contributed by atoms with Gasteiger partial charge >= 0.3 is 0 Å². The Morgan fingerprint density at radius 1 is 1.23 bits per heavy atom. The summed E-state index contributed by atoms with van der Waals surface area (Å²) in [6, 6.07) is 4.09. The molecule has 1 aromatic heterocycles. The molecule has 26 heavy (non-hydrogen) atoms. The van der Waals surface area contributed by atoms with Gasteiger partial charge in [-0.1, -0.05) is 12.8 Å². The van der Waals surface area contributed by atoms with E-state index < -0.39 is 0 Å². The maximum atomic E-state index is 13.2. The standard InChI is InChI=1S/C20H24N2O3.ClH/c1-21-7-6-16-15(11-21)14-9-18-19(25-12-24-18)10-17(14)22(16)20(23)8-13-4-2-3-5-13;/h9-10,13H,2-8,11-12H2,1H3;1H. The number of hydrogen-bond acceptors (Lipinski definition) is 3. The molecule has 140 valence electrons. The first-order valence-electron chi connectivity index (χ1n) is 9.51. The second-order valence-electron chi connectivity index (χ2n) is 7.87. The molecule has 0 radical (unpaired) electrons. The molecule has 1 saturated carbocycles. The molecule has 3 aliphatic rings. The van der Waals surface area contributed by atoms with Crippen LogP contribution in [0.5, 0.6) is 11.5 Å². The van der Waals surface area contributed by atoms with E-state index in [4.69, 9.17) is 9.47 Å². The molecule has 3 heterocycles. The number of aromatic nitrogens is 1. The van der Waals surface area contributed by atoms with Gasteiger partial charge in [0.2, 0.25) is 12.7 Å². The van der Waals surface area contributed by atoms with E-state index in [-0.39, 0.29) is 25.1 Å². The third-order valence-corrected chi connectivity index (χ3v) is 6.13. The minimum absolute atomic E-state index is 0. The zero-order valence-electron chi connectivity index (χ0n) is 15.1. The van der Waals surface area contributed by atoms with Crippen LogP contribution in [0.25, 0.3) is 10.9 Å². The maximum Gasteiger partial charge on any atom is 0.231 e. The van der Waals surface area contributed by atoms with Crippen LogP contribution < -0.4 is 26.8 Å². The van der Waals surface area contributed by atoms with Gasteiger partial charge < -0.3 is 26.8 Å². The Morgan fingerprint density at radius 2 is 1.96 bits per heavy atom. The smallest absolute Gasteiger partial charge is 0.231 e. The van der Waals surface area contributed by atoms with E-state index in [2.05, 4.69) is 13.1 Å². The number of benzene rings is 1. The predicted molar refractivity (Wildman–Crippen MR) is 94.4 cm³/mol. The van der Waals surface area contributed by atoms with E-state index in [0.717, 1.165) is 41.9 Å². The molecule has 0 amide bonds. The lowest BCUT2D eigenvalue weighted by Crippen LogP contribution is -3.08. The molecule has 0 saturated heterocycles. The molecular weight excluding hydrogens is 352 g/mol. The van der Waals surface area contributed by atoms with Crippen molar-refractivity contribution in [2.45, 2.75) is 45.1 Å². The third-order valence-electron chi connectivity index (χ3n) is 6.13. The summed E-state index contributed by atoms with van der Waals surface area (Å²) in [5.74, 6) is 2.39. The summed E-state index contributed by atoms with van der Waals surface area (Å²) in [4.78, 5) is 14.7. The van der Waals surface area contributed by atoms with Gasteiger partial charge in [0, 0.05) is 35.6 Å². The van der Waals surface area contributed by atoms with Gasteiger partial charge in [-0.2, -0.15) is 0 Å². The molecule has 1 fully saturated rings. The van der Waals surface area contributed by atoms with E-state index >= 15 is 0 Å². The van der Waals surface area contributed by atoms with Crippen molar-refractivity contribution in [2.24, 2.45) is 5.92 Å². The molecule has 1 atom stereocenters. The second kappa shape index (κ2) is 6.78. The fourth-order valence-electron chi connectivity index (χ4n) is 4.81. The van der Waals surface area contributed by atoms with Crippen LogP contribution in [0.15, 0.2) is 12.1 Å². The van der Waals surface area contributed by atoms with Crippen LogP contribution in [0.1, 0.15) is 48.2 Å². The summed E-state index contributed by atoms with van der Waals surface area (Å²) in [7, 11) is 2.22. The maximum absolute atomic E-state index is 13.2. The van der Waals surface area contributed by atoms with E-state index in [1.807, 2.05) is 10.6 Å². The Morgan fingerprint density at radius 3 is 2.73 bits per heavy atom.